The molecule has 0 saturated heterocycles. The smallest absolute Gasteiger partial charge is 0.140 e. The number of rotatable bonds is 4. The normalized spacial score (nSPS) is 12.6. The lowest BCUT2D eigenvalue weighted by molar-refractivity contribution is 0.271. The maximum Gasteiger partial charge on any atom is 0.140 e. The summed E-state index contributed by atoms with van der Waals surface area (Å²) in [6.45, 7) is 1.92. The Morgan fingerprint density at radius 3 is 2.94 bits per heavy atom. The molecule has 0 aliphatic rings. The highest BCUT2D eigenvalue weighted by molar-refractivity contribution is 5.89. The van der Waals surface area contributed by atoms with Gasteiger partial charge in [-0.3, -0.25) is 0 Å². The van der Waals surface area contributed by atoms with E-state index >= 15 is 0 Å². The number of aliphatic hydroxyl groups is 1. The number of halogens is 1. The van der Waals surface area contributed by atoms with Gasteiger partial charge >= 0.3 is 0 Å². The van der Waals surface area contributed by atoms with Crippen LogP contribution in [0.15, 0.2) is 24.5 Å². The maximum atomic E-state index is 13.7. The predicted octanol–water partition coefficient (Wildman–Crippen LogP) is 1.95. The van der Waals surface area contributed by atoms with Crippen LogP contribution in [0.5, 0.6) is 0 Å². The van der Waals surface area contributed by atoms with Gasteiger partial charge in [-0.05, 0) is 18.6 Å². The highest BCUT2D eigenvalue weighted by Crippen LogP contribution is 2.22. The number of aromatic nitrogens is 2. The first-order valence-corrected chi connectivity index (χ1v) is 5.53. The van der Waals surface area contributed by atoms with Crippen LogP contribution in [0, 0.1) is 5.82 Å². The van der Waals surface area contributed by atoms with Crippen molar-refractivity contribution in [1.82, 2.24) is 9.97 Å². The molecule has 0 unspecified atom stereocenters. The average molecular weight is 235 g/mol. The summed E-state index contributed by atoms with van der Waals surface area (Å²) in [6.07, 6.45) is 2.12. The lowest BCUT2D eigenvalue weighted by atomic mass is 10.2. The lowest BCUT2D eigenvalue weighted by Crippen LogP contribution is -2.23. The van der Waals surface area contributed by atoms with Crippen molar-refractivity contribution in [3.63, 3.8) is 0 Å². The molecule has 2 aromatic rings. The van der Waals surface area contributed by atoms with Crippen molar-refractivity contribution in [3.8, 4) is 0 Å². The predicted molar refractivity (Wildman–Crippen MR) is 64.3 cm³/mol. The van der Waals surface area contributed by atoms with Gasteiger partial charge in [-0.1, -0.05) is 13.0 Å². The molecule has 5 heteroatoms. The molecule has 1 heterocycles. The van der Waals surface area contributed by atoms with Crippen molar-refractivity contribution in [2.75, 3.05) is 11.9 Å². The molecule has 90 valence electrons. The number of nitrogens with zero attached hydrogens (tertiary/aromatic N) is 2. The van der Waals surface area contributed by atoms with Gasteiger partial charge in [-0.25, -0.2) is 14.4 Å². The SMILES string of the molecule is CC[C@H](CO)Nc1ncnc2cccc(F)c12. The van der Waals surface area contributed by atoms with Crippen LogP contribution < -0.4 is 5.32 Å². The van der Waals surface area contributed by atoms with Gasteiger partial charge in [0.2, 0.25) is 0 Å². The van der Waals surface area contributed by atoms with E-state index in [1.54, 1.807) is 12.1 Å². The van der Waals surface area contributed by atoms with E-state index in [1.165, 1.54) is 12.4 Å². The van der Waals surface area contributed by atoms with Gasteiger partial charge in [0.15, 0.2) is 0 Å². The van der Waals surface area contributed by atoms with E-state index in [9.17, 15) is 4.39 Å². The second kappa shape index (κ2) is 5.05. The Labute approximate surface area is 98.5 Å². The van der Waals surface area contributed by atoms with E-state index < -0.39 is 0 Å². The number of fused-ring (bicyclic) bond motifs is 1. The maximum absolute atomic E-state index is 13.7. The standard InChI is InChI=1S/C12H14FN3O/c1-2-8(6-17)16-12-11-9(13)4-3-5-10(11)14-7-15-12/h3-5,7-8,17H,2,6H2,1H3,(H,14,15,16)/t8-/m1/s1. The molecule has 0 aliphatic heterocycles. The third-order valence-electron chi connectivity index (χ3n) is 2.67. The van der Waals surface area contributed by atoms with Gasteiger partial charge in [0.1, 0.15) is 18.0 Å². The van der Waals surface area contributed by atoms with E-state index in [-0.39, 0.29) is 18.5 Å². The van der Waals surface area contributed by atoms with Crippen molar-refractivity contribution in [2.24, 2.45) is 0 Å². The number of hydrogen-bond acceptors (Lipinski definition) is 4. The molecule has 2 rings (SSSR count). The third-order valence-corrected chi connectivity index (χ3v) is 2.67. The highest BCUT2D eigenvalue weighted by atomic mass is 19.1. The number of benzene rings is 1. The van der Waals surface area contributed by atoms with Gasteiger partial charge in [0.05, 0.1) is 23.6 Å². The monoisotopic (exact) mass is 235 g/mol. The minimum atomic E-state index is -0.363. The summed E-state index contributed by atoms with van der Waals surface area (Å²) in [5.74, 6) is 0.0624. The Bertz CT molecular complexity index is 509. The molecule has 4 nitrogen and oxygen atoms in total. The van der Waals surface area contributed by atoms with E-state index in [1.807, 2.05) is 6.92 Å². The van der Waals surface area contributed by atoms with Crippen LogP contribution in [0.25, 0.3) is 10.9 Å². The number of aliphatic hydroxyl groups excluding tert-OH is 1. The van der Waals surface area contributed by atoms with Gasteiger partial charge in [-0.15, -0.1) is 0 Å². The zero-order chi connectivity index (χ0) is 12.3. The summed E-state index contributed by atoms with van der Waals surface area (Å²) in [6, 6.07) is 4.58. The quantitative estimate of drug-likeness (QED) is 0.850. The number of anilines is 1. The first-order valence-electron chi connectivity index (χ1n) is 5.53. The molecule has 0 saturated carbocycles. The van der Waals surface area contributed by atoms with Crippen molar-refractivity contribution in [1.29, 1.82) is 0 Å². The van der Waals surface area contributed by atoms with E-state index in [4.69, 9.17) is 5.11 Å². The fraction of sp³-hybridized carbons (Fsp3) is 0.333. The van der Waals surface area contributed by atoms with Crippen LogP contribution in [0.1, 0.15) is 13.3 Å². The second-order valence-corrected chi connectivity index (χ2v) is 3.79. The van der Waals surface area contributed by atoms with Crippen molar-refractivity contribution in [3.05, 3.63) is 30.3 Å². The first-order chi connectivity index (χ1) is 8.26. The molecule has 0 bridgehead atoms. The summed E-state index contributed by atoms with van der Waals surface area (Å²) in [5.41, 5.74) is 0.551. The van der Waals surface area contributed by atoms with Crippen molar-refractivity contribution >= 4 is 16.7 Å². The molecule has 0 radical (unpaired) electrons. The second-order valence-electron chi connectivity index (χ2n) is 3.79. The molecule has 17 heavy (non-hydrogen) atoms. The molecule has 1 atom stereocenters. The van der Waals surface area contributed by atoms with Crippen molar-refractivity contribution < 1.29 is 9.50 Å². The van der Waals surface area contributed by atoms with E-state index in [0.717, 1.165) is 6.42 Å². The summed E-state index contributed by atoms with van der Waals surface area (Å²) in [5, 5.41) is 12.5. The molecule has 1 aromatic heterocycles. The Hall–Kier alpha value is -1.75. The highest BCUT2D eigenvalue weighted by Gasteiger charge is 2.11. The Morgan fingerprint density at radius 1 is 1.41 bits per heavy atom. The van der Waals surface area contributed by atoms with Crippen LogP contribution in [0.3, 0.4) is 0 Å². The van der Waals surface area contributed by atoms with Gasteiger partial charge < -0.3 is 10.4 Å². The summed E-state index contributed by atoms with van der Waals surface area (Å²) < 4.78 is 13.7. The fourth-order valence-electron chi connectivity index (χ4n) is 1.65. The summed E-state index contributed by atoms with van der Waals surface area (Å²) in [7, 11) is 0. The molecule has 0 fully saturated rings. The van der Waals surface area contributed by atoms with Crippen LogP contribution in [0.4, 0.5) is 10.2 Å². The van der Waals surface area contributed by atoms with E-state index in [2.05, 4.69) is 15.3 Å². The molecule has 2 N–H and O–H groups in total. The fourth-order valence-corrected chi connectivity index (χ4v) is 1.65. The first kappa shape index (κ1) is 11.7. The topological polar surface area (TPSA) is 58.0 Å². The molecule has 0 spiro atoms. The molecular formula is C12H14FN3O. The van der Waals surface area contributed by atoms with E-state index in [0.29, 0.717) is 16.7 Å². The Morgan fingerprint density at radius 2 is 2.24 bits per heavy atom. The average Bonchev–Trinajstić information content (AvgIpc) is 2.36. The third kappa shape index (κ3) is 2.34. The molecular weight excluding hydrogens is 221 g/mol. The minimum absolute atomic E-state index is 0.0174. The lowest BCUT2D eigenvalue weighted by Gasteiger charge is -2.15. The largest absolute Gasteiger partial charge is 0.394 e. The Balaban J connectivity index is 2.46. The zero-order valence-corrected chi connectivity index (χ0v) is 9.52. The zero-order valence-electron chi connectivity index (χ0n) is 9.52. The van der Waals surface area contributed by atoms with Crippen LogP contribution in [-0.4, -0.2) is 27.7 Å². The van der Waals surface area contributed by atoms with Gasteiger partial charge in [0, 0.05) is 0 Å². The molecule has 0 aliphatic carbocycles. The van der Waals surface area contributed by atoms with Gasteiger partial charge in [-0.2, -0.15) is 0 Å². The van der Waals surface area contributed by atoms with Crippen LogP contribution >= 0.6 is 0 Å². The minimum Gasteiger partial charge on any atom is -0.394 e. The van der Waals surface area contributed by atoms with Crippen LogP contribution in [0.2, 0.25) is 0 Å². The molecule has 1 aromatic carbocycles. The molecule has 0 amide bonds. The van der Waals surface area contributed by atoms with Crippen molar-refractivity contribution in [2.45, 2.75) is 19.4 Å². The number of nitrogens with one attached hydrogen (secondary N) is 1. The van der Waals surface area contributed by atoms with Gasteiger partial charge in [0.25, 0.3) is 0 Å². The summed E-state index contributed by atoms with van der Waals surface area (Å²) in [4.78, 5) is 8.04. The Kier molecular flexibility index (Phi) is 3.49. The summed E-state index contributed by atoms with van der Waals surface area (Å²) >= 11 is 0. The number of hydrogen-bond donors (Lipinski definition) is 2. The van der Waals surface area contributed by atoms with Crippen LogP contribution in [-0.2, 0) is 0 Å².